The van der Waals surface area contributed by atoms with Gasteiger partial charge in [-0.25, -0.2) is 4.98 Å². The zero-order valence-corrected chi connectivity index (χ0v) is 20.8. The smallest absolute Gasteiger partial charge is 0.303 e. The number of aryl methyl sites for hydroxylation is 1. The number of aromatic nitrogens is 1. The van der Waals surface area contributed by atoms with Crippen molar-refractivity contribution in [3.8, 4) is 0 Å². The molecule has 1 saturated heterocycles. The van der Waals surface area contributed by atoms with Crippen LogP contribution in [0.3, 0.4) is 0 Å². The van der Waals surface area contributed by atoms with Gasteiger partial charge in [0.05, 0.1) is 12.0 Å². The molecule has 6 heteroatoms. The number of nitrogens with zero attached hydrogens (tertiary/aromatic N) is 3. The molecule has 180 valence electrons. The van der Waals surface area contributed by atoms with E-state index in [0.717, 1.165) is 62.7 Å². The first-order valence-corrected chi connectivity index (χ1v) is 12.4. The van der Waals surface area contributed by atoms with Crippen LogP contribution in [0, 0.1) is 37.0 Å². The lowest BCUT2D eigenvalue weighted by Gasteiger charge is -2.53. The molecule has 6 atom stereocenters. The average Bonchev–Trinajstić information content (AvgIpc) is 2.76. The van der Waals surface area contributed by atoms with E-state index in [1.807, 2.05) is 19.9 Å². The van der Waals surface area contributed by atoms with Crippen molar-refractivity contribution < 1.29 is 14.6 Å². The van der Waals surface area contributed by atoms with Crippen LogP contribution in [-0.2, 0) is 9.53 Å². The van der Waals surface area contributed by atoms with Crippen molar-refractivity contribution in [2.24, 2.45) is 23.7 Å². The second kappa shape index (κ2) is 9.75. The van der Waals surface area contributed by atoms with Gasteiger partial charge in [0, 0.05) is 51.3 Å². The molecular weight excluding hydrogens is 414 g/mol. The lowest BCUT2D eigenvalue weighted by atomic mass is 9.57. The Kier molecular flexibility index (Phi) is 7.15. The summed E-state index contributed by atoms with van der Waals surface area (Å²) in [4.78, 5) is 21.2. The van der Waals surface area contributed by atoms with Crippen molar-refractivity contribution in [3.63, 3.8) is 0 Å². The van der Waals surface area contributed by atoms with Gasteiger partial charge in [0.15, 0.2) is 0 Å². The number of hydrogen-bond donors (Lipinski definition) is 1. The monoisotopic (exact) mass is 453 g/mol. The van der Waals surface area contributed by atoms with Crippen LogP contribution in [0.2, 0.25) is 0 Å². The van der Waals surface area contributed by atoms with E-state index < -0.39 is 11.7 Å². The largest absolute Gasteiger partial charge is 0.457 e. The van der Waals surface area contributed by atoms with Gasteiger partial charge in [-0.1, -0.05) is 26.0 Å². The van der Waals surface area contributed by atoms with Crippen LogP contribution < -0.4 is 4.90 Å². The molecule has 0 amide bonds. The number of ether oxygens (including phenoxy) is 1. The number of carbonyl (C=O) groups excluding carboxylic acids is 1. The fourth-order valence-electron chi connectivity index (χ4n) is 6.01. The normalized spacial score (nSPS) is 33.8. The number of rotatable bonds is 5. The number of hydrogen-bond acceptors (Lipinski definition) is 6. The van der Waals surface area contributed by atoms with Crippen LogP contribution in [0.15, 0.2) is 29.8 Å². The number of pyridine rings is 1. The summed E-state index contributed by atoms with van der Waals surface area (Å²) in [6.07, 6.45) is 6.98. The Hall–Kier alpha value is -1.92. The predicted molar refractivity (Wildman–Crippen MR) is 130 cm³/mol. The van der Waals surface area contributed by atoms with Gasteiger partial charge in [0.25, 0.3) is 0 Å². The van der Waals surface area contributed by atoms with Gasteiger partial charge in [0.1, 0.15) is 11.9 Å². The van der Waals surface area contributed by atoms with E-state index in [-0.39, 0.29) is 17.8 Å². The minimum absolute atomic E-state index is 0.0147. The minimum atomic E-state index is -1.05. The Morgan fingerprint density at radius 3 is 2.67 bits per heavy atom. The summed E-state index contributed by atoms with van der Waals surface area (Å²) in [5, 5.41) is 11.7. The molecule has 2 heterocycles. The molecule has 3 aliphatic rings. The number of esters is 1. The third-order valence-electron chi connectivity index (χ3n) is 8.00. The van der Waals surface area contributed by atoms with Crippen LogP contribution in [0.5, 0.6) is 0 Å². The minimum Gasteiger partial charge on any atom is -0.457 e. The topological polar surface area (TPSA) is 65.9 Å². The van der Waals surface area contributed by atoms with E-state index in [2.05, 4.69) is 53.3 Å². The maximum atomic E-state index is 11.7. The predicted octanol–water partition coefficient (Wildman–Crippen LogP) is 3.51. The average molecular weight is 454 g/mol. The molecule has 0 aromatic carbocycles. The standard InChI is InChI=1S/C27H39N3O3/c1-18-15-24-23(10-9-20(3)27(24,32)16-25(18)33-22(5)31)19(2)17-29-11-13-30(14-12-29)26-8-6-7-21(4)28-26/h6-8,15,19-20,23-25,32H,9-14,17H2,1-5H3/t19-,20-,23+,24-,25-,27-/m1/s1. The molecule has 1 aliphatic heterocycles. The fraction of sp³-hybridized carbons (Fsp3) is 0.667. The summed E-state index contributed by atoms with van der Waals surface area (Å²) in [6, 6.07) is 6.22. The molecule has 1 N–H and O–H groups in total. The molecule has 0 unspecified atom stereocenters. The lowest BCUT2D eigenvalue weighted by molar-refractivity contribution is -0.148. The number of aliphatic hydroxyl groups is 1. The quantitative estimate of drug-likeness (QED) is 0.544. The number of piperazine rings is 1. The molecule has 1 saturated carbocycles. The Bertz CT molecular complexity index is 879. The van der Waals surface area contributed by atoms with E-state index in [1.165, 1.54) is 6.92 Å². The molecule has 1 aromatic rings. The third-order valence-corrected chi connectivity index (χ3v) is 8.00. The Morgan fingerprint density at radius 1 is 1.27 bits per heavy atom. The van der Waals surface area contributed by atoms with Crippen molar-refractivity contribution >= 4 is 11.8 Å². The van der Waals surface area contributed by atoms with Crippen molar-refractivity contribution in [1.82, 2.24) is 9.88 Å². The zero-order chi connectivity index (χ0) is 23.8. The van der Waals surface area contributed by atoms with E-state index in [0.29, 0.717) is 11.8 Å². The molecule has 0 bridgehead atoms. The summed E-state index contributed by atoms with van der Waals surface area (Å²) >= 11 is 0. The second-order valence-electron chi connectivity index (χ2n) is 10.4. The van der Waals surface area contributed by atoms with Gasteiger partial charge in [-0.2, -0.15) is 0 Å². The highest BCUT2D eigenvalue weighted by Crippen LogP contribution is 2.50. The summed E-state index contributed by atoms with van der Waals surface area (Å²) in [5.74, 6) is 1.68. The van der Waals surface area contributed by atoms with Crippen LogP contribution in [0.25, 0.3) is 0 Å². The van der Waals surface area contributed by atoms with Crippen LogP contribution in [0.4, 0.5) is 5.82 Å². The van der Waals surface area contributed by atoms with Crippen molar-refractivity contribution in [2.45, 2.75) is 59.2 Å². The van der Waals surface area contributed by atoms with E-state index in [4.69, 9.17) is 4.74 Å². The van der Waals surface area contributed by atoms with Crippen molar-refractivity contribution in [1.29, 1.82) is 0 Å². The summed E-state index contributed by atoms with van der Waals surface area (Å²) < 4.78 is 5.44. The summed E-state index contributed by atoms with van der Waals surface area (Å²) in [7, 11) is 0. The maximum Gasteiger partial charge on any atom is 0.303 e. The van der Waals surface area contributed by atoms with Gasteiger partial charge in [-0.05, 0) is 62.1 Å². The van der Waals surface area contributed by atoms with Crippen LogP contribution >= 0.6 is 0 Å². The first-order chi connectivity index (χ1) is 15.7. The SMILES string of the molecule is CC(=O)O[C@@H]1[C][C@@]2(O)[C@H](C)CC[C@@H]([C@H](C)CN3CCN(c4cccc(C)n4)CC3)[C@H]2C=C1C. The van der Waals surface area contributed by atoms with E-state index in [9.17, 15) is 9.90 Å². The maximum absolute atomic E-state index is 11.7. The molecule has 2 fully saturated rings. The lowest BCUT2D eigenvalue weighted by Crippen LogP contribution is -2.57. The molecule has 1 aromatic heterocycles. The van der Waals surface area contributed by atoms with Gasteiger partial charge in [-0.15, -0.1) is 0 Å². The molecule has 6 nitrogen and oxygen atoms in total. The highest BCUT2D eigenvalue weighted by Gasteiger charge is 2.53. The van der Waals surface area contributed by atoms with Crippen LogP contribution in [-0.4, -0.2) is 65.4 Å². The zero-order valence-electron chi connectivity index (χ0n) is 20.8. The summed E-state index contributed by atoms with van der Waals surface area (Å²) in [5.41, 5.74) is 0.986. The number of anilines is 1. The molecule has 2 radical (unpaired) electrons. The molecule has 4 rings (SSSR count). The number of carbonyl (C=O) groups is 1. The fourth-order valence-corrected chi connectivity index (χ4v) is 6.01. The van der Waals surface area contributed by atoms with E-state index in [1.54, 1.807) is 0 Å². The van der Waals surface area contributed by atoms with Gasteiger partial charge in [-0.3, -0.25) is 9.69 Å². The highest BCUT2D eigenvalue weighted by atomic mass is 16.5. The highest BCUT2D eigenvalue weighted by molar-refractivity contribution is 5.66. The van der Waals surface area contributed by atoms with Crippen molar-refractivity contribution in [3.05, 3.63) is 42.0 Å². The first kappa shape index (κ1) is 24.2. The van der Waals surface area contributed by atoms with Gasteiger partial charge < -0.3 is 14.7 Å². The molecule has 0 spiro atoms. The molecule has 2 aliphatic carbocycles. The first-order valence-electron chi connectivity index (χ1n) is 12.4. The molecule has 33 heavy (non-hydrogen) atoms. The van der Waals surface area contributed by atoms with Gasteiger partial charge >= 0.3 is 5.97 Å². The Balaban J connectivity index is 1.40. The third kappa shape index (κ3) is 5.12. The number of fused-ring (bicyclic) bond motifs is 1. The second-order valence-corrected chi connectivity index (χ2v) is 10.4. The van der Waals surface area contributed by atoms with E-state index >= 15 is 0 Å². The van der Waals surface area contributed by atoms with Gasteiger partial charge in [0.2, 0.25) is 0 Å². The molecular formula is C27H39N3O3. The van der Waals surface area contributed by atoms with Crippen molar-refractivity contribution in [2.75, 3.05) is 37.6 Å². The Labute approximate surface area is 199 Å². The summed E-state index contributed by atoms with van der Waals surface area (Å²) in [6.45, 7) is 14.9. The van der Waals surface area contributed by atoms with Crippen LogP contribution in [0.1, 0.15) is 46.2 Å². The Morgan fingerprint density at radius 2 is 2.00 bits per heavy atom.